The Hall–Kier alpha value is -5.96. The van der Waals surface area contributed by atoms with Crippen LogP contribution in [0.15, 0.2) is 93.0 Å². The first kappa shape index (κ1) is 37.9. The summed E-state index contributed by atoms with van der Waals surface area (Å²) >= 11 is 1.44. The third kappa shape index (κ3) is 7.75. The zero-order chi connectivity index (χ0) is 39.8. The van der Waals surface area contributed by atoms with Gasteiger partial charge in [0.15, 0.2) is 0 Å². The minimum absolute atomic E-state index is 0.00323. The number of benzene rings is 2. The molecular weight excluding hydrogens is 752 g/mol. The van der Waals surface area contributed by atoms with E-state index in [1.807, 2.05) is 57.2 Å². The summed E-state index contributed by atoms with van der Waals surface area (Å²) in [5, 5.41) is 14.7. The van der Waals surface area contributed by atoms with E-state index in [1.54, 1.807) is 30.2 Å². The molecule has 57 heavy (non-hydrogen) atoms. The Labute approximate surface area is 331 Å². The van der Waals surface area contributed by atoms with Crippen molar-refractivity contribution >= 4 is 44.9 Å². The number of amides is 1. The van der Waals surface area contributed by atoms with Crippen LogP contribution in [0.2, 0.25) is 0 Å². The Morgan fingerprint density at radius 1 is 1.11 bits per heavy atom. The third-order valence-electron chi connectivity index (χ3n) is 10.2. The number of aromatic nitrogens is 3. The van der Waals surface area contributed by atoms with Gasteiger partial charge in [0.1, 0.15) is 29.6 Å². The summed E-state index contributed by atoms with van der Waals surface area (Å²) in [5.41, 5.74) is 2.97. The van der Waals surface area contributed by atoms with Crippen LogP contribution in [0.4, 0.5) is 15.0 Å². The molecule has 5 aromatic rings. The molecule has 0 saturated carbocycles. The van der Waals surface area contributed by atoms with Crippen molar-refractivity contribution in [1.29, 1.82) is 0 Å². The number of aromatic amines is 1. The molecule has 8 rings (SSSR count). The van der Waals surface area contributed by atoms with Crippen molar-refractivity contribution in [3.05, 3.63) is 122 Å². The molecule has 0 bridgehead atoms. The van der Waals surface area contributed by atoms with Gasteiger partial charge < -0.3 is 29.3 Å². The highest BCUT2D eigenvalue weighted by atomic mass is 32.1. The first-order valence-electron chi connectivity index (χ1n) is 19.0. The van der Waals surface area contributed by atoms with Crippen molar-refractivity contribution in [2.24, 2.45) is 0 Å². The van der Waals surface area contributed by atoms with Crippen molar-refractivity contribution < 1.29 is 32.6 Å². The second-order valence-electron chi connectivity index (χ2n) is 15.1. The highest BCUT2D eigenvalue weighted by molar-refractivity contribution is 7.19. The van der Waals surface area contributed by atoms with E-state index in [-0.39, 0.29) is 29.9 Å². The van der Waals surface area contributed by atoms with Gasteiger partial charge in [-0.25, -0.2) is 28.9 Å². The highest BCUT2D eigenvalue weighted by Crippen LogP contribution is 2.50. The second kappa shape index (κ2) is 15.5. The molecule has 1 amide bonds. The topological polar surface area (TPSA) is 161 Å². The number of nitrogens with one attached hydrogen (secondary N) is 3. The van der Waals surface area contributed by atoms with Crippen molar-refractivity contribution in [3.63, 3.8) is 0 Å². The normalized spacial score (nSPS) is 19.4. The van der Waals surface area contributed by atoms with Gasteiger partial charge in [-0.15, -0.1) is 16.4 Å². The Balaban J connectivity index is 1.31. The number of carbonyl (C=O) groups is 2. The van der Waals surface area contributed by atoms with Crippen LogP contribution < -0.4 is 21.1 Å². The summed E-state index contributed by atoms with van der Waals surface area (Å²) in [6.45, 7) is 8.11. The summed E-state index contributed by atoms with van der Waals surface area (Å²) in [7, 11) is 0. The van der Waals surface area contributed by atoms with E-state index in [0.717, 1.165) is 31.8 Å². The van der Waals surface area contributed by atoms with Gasteiger partial charge in [-0.2, -0.15) is 0 Å². The number of rotatable bonds is 10. The summed E-state index contributed by atoms with van der Waals surface area (Å²) < 4.78 is 38.1. The van der Waals surface area contributed by atoms with E-state index in [0.29, 0.717) is 61.6 Å². The Kier molecular flexibility index (Phi) is 10.3. The fraction of sp³-hybridized carbons (Fsp3) is 0.357. The first-order valence-corrected chi connectivity index (χ1v) is 19.9. The zero-order valence-corrected chi connectivity index (χ0v) is 32.8. The van der Waals surface area contributed by atoms with Gasteiger partial charge in [-0.3, -0.25) is 4.90 Å². The maximum absolute atomic E-state index is 14.5. The van der Waals surface area contributed by atoms with Gasteiger partial charge in [0.2, 0.25) is 5.89 Å². The van der Waals surface area contributed by atoms with E-state index in [9.17, 15) is 18.8 Å². The number of carbonyl (C=O) groups excluding carboxylic acids is 2. The summed E-state index contributed by atoms with van der Waals surface area (Å²) in [6, 6.07) is 17.3. The number of nitrogens with zero attached hydrogens (tertiary/aromatic N) is 3. The molecule has 15 heteroatoms. The van der Waals surface area contributed by atoms with E-state index in [4.69, 9.17) is 23.6 Å². The van der Waals surface area contributed by atoms with Crippen molar-refractivity contribution in [2.45, 2.75) is 77.0 Å². The molecule has 3 atom stereocenters. The summed E-state index contributed by atoms with van der Waals surface area (Å²) in [5.74, 6) is -1.12. The van der Waals surface area contributed by atoms with Crippen molar-refractivity contribution in [2.75, 3.05) is 25.1 Å². The molecule has 0 spiro atoms. The Morgan fingerprint density at radius 2 is 1.91 bits per heavy atom. The maximum atomic E-state index is 14.5. The Bertz CT molecular complexity index is 2450. The van der Waals surface area contributed by atoms with Crippen molar-refractivity contribution in [1.82, 2.24) is 25.4 Å². The number of pyridine rings is 1. The van der Waals surface area contributed by atoms with Crippen LogP contribution in [0.25, 0.3) is 15.7 Å². The molecule has 0 radical (unpaired) electrons. The number of para-hydroxylation sites is 1. The first-order chi connectivity index (χ1) is 27.5. The fourth-order valence-electron chi connectivity index (χ4n) is 7.75. The molecule has 3 aliphatic rings. The van der Waals surface area contributed by atoms with Gasteiger partial charge >= 0.3 is 17.8 Å². The number of hydrogen-bond donors (Lipinski definition) is 3. The zero-order valence-electron chi connectivity index (χ0n) is 32.0. The molecule has 3 aromatic heterocycles. The Morgan fingerprint density at radius 3 is 2.67 bits per heavy atom. The molecule has 296 valence electrons. The van der Waals surface area contributed by atoms with Gasteiger partial charge in [0.05, 0.1) is 34.9 Å². The molecule has 6 heterocycles. The number of fused-ring (bicyclic) bond motifs is 2. The van der Waals surface area contributed by atoms with Gasteiger partial charge in [-0.05, 0) is 94.7 Å². The number of dihydropyridines is 1. The number of hydrogen-bond acceptors (Lipinski definition) is 12. The van der Waals surface area contributed by atoms with E-state index in [1.165, 1.54) is 23.5 Å². The number of halogens is 1. The number of aryl methyl sites for hydroxylation is 1. The number of thiophene rings is 1. The highest BCUT2D eigenvalue weighted by Gasteiger charge is 2.45. The lowest BCUT2D eigenvalue weighted by Gasteiger charge is -2.37. The average Bonchev–Trinajstić information content (AvgIpc) is 4.00. The smallest absolute Gasteiger partial charge is 0.434 e. The minimum atomic E-state index is -0.864. The van der Waals surface area contributed by atoms with E-state index < -0.39 is 35.4 Å². The molecule has 1 unspecified atom stereocenters. The molecule has 2 aromatic carbocycles. The molecule has 3 N–H and O–H groups in total. The average molecular weight is 795 g/mol. The van der Waals surface area contributed by atoms with E-state index >= 15 is 0 Å². The van der Waals surface area contributed by atoms with Crippen LogP contribution in [0.3, 0.4) is 0 Å². The van der Waals surface area contributed by atoms with Crippen LogP contribution >= 0.6 is 11.3 Å². The quantitative estimate of drug-likeness (QED) is 0.119. The van der Waals surface area contributed by atoms with E-state index in [2.05, 4.69) is 20.8 Å². The number of H-pyrrole nitrogens is 1. The van der Waals surface area contributed by atoms with Crippen LogP contribution in [-0.2, 0) is 20.7 Å². The maximum Gasteiger partial charge on any atom is 0.434 e. The summed E-state index contributed by atoms with van der Waals surface area (Å²) in [4.78, 5) is 48.0. The third-order valence-corrected chi connectivity index (χ3v) is 11.4. The predicted octanol–water partition coefficient (Wildman–Crippen LogP) is 7.60. The fourth-order valence-corrected chi connectivity index (χ4v) is 8.98. The monoisotopic (exact) mass is 794 g/mol. The van der Waals surface area contributed by atoms with Crippen LogP contribution in [0.1, 0.15) is 80.8 Å². The molecule has 0 aliphatic carbocycles. The van der Waals surface area contributed by atoms with Crippen LogP contribution in [-0.4, -0.2) is 63.5 Å². The lowest BCUT2D eigenvalue weighted by atomic mass is 9.81. The SMILES string of the molecule is CCOC(=O)C1=C([C@@H]2CCCN2C(=O)OC(C)(C)C)NC(CCc2ccc(F)cc2)=C(c2n[nH]c(=O)o2)C1c1cc2ccnc(N[C@@H]3COc4ccccc43)c2s1. The largest absolute Gasteiger partial charge is 0.491 e. The molecule has 13 nitrogen and oxygen atoms in total. The molecule has 1 fully saturated rings. The lowest BCUT2D eigenvalue weighted by molar-refractivity contribution is -0.138. The number of esters is 1. The second-order valence-corrected chi connectivity index (χ2v) is 16.2. The number of ether oxygens (including phenoxy) is 3. The summed E-state index contributed by atoms with van der Waals surface area (Å²) in [6.07, 6.45) is 3.26. The standard InChI is InChI=1S/C42H43FN6O7S/c1-5-53-39(50)34-33(31-21-24-18-19-44-37(36(24)57-31)46-28-22-54-30-11-7-6-9-26(28)30)32(38-47-48-40(51)55-38)27(17-14-23-12-15-25(43)16-13-23)45-35(34)29-10-8-20-49(29)41(52)56-42(2,3)4/h6-7,9,11-13,15-16,18-19,21,28-29,33,45H,5,8,10,14,17,20,22H2,1-4H3,(H,44,46)(H,48,51)/t28-,29+,33?/m1/s1. The predicted molar refractivity (Wildman–Crippen MR) is 212 cm³/mol. The van der Waals surface area contributed by atoms with Gasteiger partial charge in [0, 0.05) is 40.1 Å². The number of allylic oxidation sites excluding steroid dienone is 2. The lowest BCUT2D eigenvalue weighted by Crippen LogP contribution is -2.45. The molecule has 3 aliphatic heterocycles. The minimum Gasteiger partial charge on any atom is -0.491 e. The molecular formula is C42H43FN6O7S. The molecule has 1 saturated heterocycles. The van der Waals surface area contributed by atoms with Gasteiger partial charge in [-0.1, -0.05) is 30.3 Å². The number of likely N-dealkylation sites (tertiary alicyclic amines) is 1. The van der Waals surface area contributed by atoms with Gasteiger partial charge in [0.25, 0.3) is 0 Å². The van der Waals surface area contributed by atoms with Crippen LogP contribution in [0, 0.1) is 5.82 Å². The van der Waals surface area contributed by atoms with Crippen molar-refractivity contribution in [3.8, 4) is 5.75 Å². The van der Waals surface area contributed by atoms with Crippen LogP contribution in [0.5, 0.6) is 5.75 Å². The number of anilines is 1.